The molecule has 2 aromatic rings. The molecule has 0 saturated heterocycles. The maximum atomic E-state index is 9.36. The summed E-state index contributed by atoms with van der Waals surface area (Å²) in [7, 11) is 1.64. The van der Waals surface area contributed by atoms with Crippen molar-refractivity contribution >= 4 is 0 Å². The number of nitrogens with zero attached hydrogens (tertiary/aromatic N) is 3. The van der Waals surface area contributed by atoms with Crippen LogP contribution in [0.4, 0.5) is 0 Å². The summed E-state index contributed by atoms with van der Waals surface area (Å²) in [5.41, 5.74) is 0.900. The molecule has 0 spiro atoms. The van der Waals surface area contributed by atoms with Crippen LogP contribution in [0.5, 0.6) is 5.75 Å². The Bertz CT molecular complexity index is 621. The van der Waals surface area contributed by atoms with Gasteiger partial charge < -0.3 is 14.4 Å². The van der Waals surface area contributed by atoms with Gasteiger partial charge in [-0.15, -0.1) is 0 Å². The molecule has 1 aliphatic carbocycles. The van der Waals surface area contributed by atoms with E-state index in [4.69, 9.17) is 9.26 Å². The van der Waals surface area contributed by atoms with Crippen molar-refractivity contribution in [3.05, 3.63) is 30.2 Å². The summed E-state index contributed by atoms with van der Waals surface area (Å²) in [6.45, 7) is 1.38. The van der Waals surface area contributed by atoms with Crippen LogP contribution in [0.1, 0.15) is 38.0 Å². The lowest BCUT2D eigenvalue weighted by molar-refractivity contribution is 0.105. The topological polar surface area (TPSA) is 71.6 Å². The molecular weight excluding hydrogens is 306 g/mol. The van der Waals surface area contributed by atoms with Crippen molar-refractivity contribution in [2.75, 3.05) is 20.3 Å². The Kier molecular flexibility index (Phi) is 5.82. The Labute approximate surface area is 142 Å². The molecule has 0 atom stereocenters. The maximum Gasteiger partial charge on any atom is 0.241 e. The van der Waals surface area contributed by atoms with Crippen molar-refractivity contribution in [3.63, 3.8) is 0 Å². The van der Waals surface area contributed by atoms with Crippen LogP contribution in [0.2, 0.25) is 0 Å². The average molecular weight is 331 g/mol. The normalized spacial score (nSPS) is 15.8. The van der Waals surface area contributed by atoms with Gasteiger partial charge in [0.05, 0.1) is 20.3 Å². The van der Waals surface area contributed by atoms with E-state index in [2.05, 4.69) is 15.0 Å². The molecule has 1 aliphatic rings. The van der Waals surface area contributed by atoms with Crippen LogP contribution in [0.3, 0.4) is 0 Å². The van der Waals surface area contributed by atoms with Gasteiger partial charge >= 0.3 is 0 Å². The van der Waals surface area contributed by atoms with Crippen molar-refractivity contribution < 1.29 is 14.4 Å². The first-order chi connectivity index (χ1) is 11.8. The van der Waals surface area contributed by atoms with Gasteiger partial charge in [-0.25, -0.2) is 0 Å². The second-order valence-corrected chi connectivity index (χ2v) is 6.23. The molecule has 0 bridgehead atoms. The van der Waals surface area contributed by atoms with Crippen LogP contribution in [-0.2, 0) is 6.54 Å². The van der Waals surface area contributed by atoms with Gasteiger partial charge in [-0.1, -0.05) is 24.4 Å². The van der Waals surface area contributed by atoms with Gasteiger partial charge in [0.1, 0.15) is 5.75 Å². The summed E-state index contributed by atoms with van der Waals surface area (Å²) in [5.74, 6) is 1.98. The number of hydrogen-bond donors (Lipinski definition) is 1. The number of aromatic nitrogens is 2. The zero-order valence-electron chi connectivity index (χ0n) is 14.1. The highest BCUT2D eigenvalue weighted by molar-refractivity contribution is 5.55. The Morgan fingerprint density at radius 1 is 1.21 bits per heavy atom. The van der Waals surface area contributed by atoms with E-state index in [-0.39, 0.29) is 6.61 Å². The van der Waals surface area contributed by atoms with E-state index in [0.29, 0.717) is 30.8 Å². The zero-order valence-corrected chi connectivity index (χ0v) is 14.1. The fourth-order valence-corrected chi connectivity index (χ4v) is 3.32. The lowest BCUT2D eigenvalue weighted by Gasteiger charge is -2.32. The molecule has 6 heteroatoms. The minimum Gasteiger partial charge on any atom is -0.497 e. The SMILES string of the molecule is COc1ccc(-c2noc(CN(CCO)C3CCCCC3)n2)cc1. The first-order valence-corrected chi connectivity index (χ1v) is 8.62. The molecule has 1 saturated carbocycles. The molecule has 0 aliphatic heterocycles. The number of methoxy groups -OCH3 is 1. The minimum absolute atomic E-state index is 0.149. The minimum atomic E-state index is 0.149. The Balaban J connectivity index is 1.68. The van der Waals surface area contributed by atoms with Crippen LogP contribution < -0.4 is 4.74 Å². The molecule has 6 nitrogen and oxygen atoms in total. The molecule has 0 amide bonds. The van der Waals surface area contributed by atoms with E-state index in [1.165, 1.54) is 32.1 Å². The van der Waals surface area contributed by atoms with Gasteiger partial charge in [0.25, 0.3) is 0 Å². The zero-order chi connectivity index (χ0) is 16.8. The van der Waals surface area contributed by atoms with E-state index >= 15 is 0 Å². The molecule has 24 heavy (non-hydrogen) atoms. The second-order valence-electron chi connectivity index (χ2n) is 6.23. The Hall–Kier alpha value is -1.92. The largest absolute Gasteiger partial charge is 0.497 e. The summed E-state index contributed by atoms with van der Waals surface area (Å²) < 4.78 is 10.6. The van der Waals surface area contributed by atoms with Crippen molar-refractivity contribution in [2.45, 2.75) is 44.7 Å². The Morgan fingerprint density at radius 3 is 2.62 bits per heavy atom. The summed E-state index contributed by atoms with van der Waals surface area (Å²) >= 11 is 0. The van der Waals surface area contributed by atoms with E-state index in [1.54, 1.807) is 7.11 Å². The smallest absolute Gasteiger partial charge is 0.241 e. The fraction of sp³-hybridized carbons (Fsp3) is 0.556. The van der Waals surface area contributed by atoms with Crippen molar-refractivity contribution in [3.8, 4) is 17.1 Å². The van der Waals surface area contributed by atoms with Crippen molar-refractivity contribution in [1.29, 1.82) is 0 Å². The summed E-state index contributed by atoms with van der Waals surface area (Å²) in [6.07, 6.45) is 6.19. The van der Waals surface area contributed by atoms with E-state index < -0.39 is 0 Å². The molecule has 3 rings (SSSR count). The first kappa shape index (κ1) is 16.9. The van der Waals surface area contributed by atoms with Crippen molar-refractivity contribution in [2.24, 2.45) is 0 Å². The van der Waals surface area contributed by atoms with Gasteiger partial charge in [-0.3, -0.25) is 4.90 Å². The highest BCUT2D eigenvalue weighted by atomic mass is 16.5. The molecule has 0 unspecified atom stereocenters. The van der Waals surface area contributed by atoms with Crippen molar-refractivity contribution in [1.82, 2.24) is 15.0 Å². The third kappa shape index (κ3) is 4.13. The summed E-state index contributed by atoms with van der Waals surface area (Å²) in [5, 5.41) is 13.4. The standard InChI is InChI=1S/C18H25N3O3/c1-23-16-9-7-14(8-10-16)18-19-17(24-20-18)13-21(11-12-22)15-5-3-2-4-6-15/h7-10,15,22H,2-6,11-13H2,1H3. The average Bonchev–Trinajstić information content (AvgIpc) is 3.11. The van der Waals surface area contributed by atoms with E-state index in [9.17, 15) is 5.11 Å². The quantitative estimate of drug-likeness (QED) is 0.841. The van der Waals surface area contributed by atoms with Gasteiger partial charge in [0.2, 0.25) is 11.7 Å². The van der Waals surface area contributed by atoms with E-state index in [1.807, 2.05) is 24.3 Å². The van der Waals surface area contributed by atoms with Crippen LogP contribution in [0.25, 0.3) is 11.4 Å². The predicted molar refractivity (Wildman–Crippen MR) is 90.7 cm³/mol. The number of aliphatic hydroxyl groups is 1. The van der Waals surface area contributed by atoms with Gasteiger partial charge in [0.15, 0.2) is 0 Å². The molecule has 1 aromatic heterocycles. The third-order valence-corrected chi connectivity index (χ3v) is 4.63. The maximum absolute atomic E-state index is 9.36. The molecule has 1 fully saturated rings. The highest BCUT2D eigenvalue weighted by Crippen LogP contribution is 2.24. The lowest BCUT2D eigenvalue weighted by atomic mass is 9.94. The molecular formula is C18H25N3O3. The Morgan fingerprint density at radius 2 is 1.96 bits per heavy atom. The highest BCUT2D eigenvalue weighted by Gasteiger charge is 2.23. The number of benzene rings is 1. The molecule has 1 N–H and O–H groups in total. The van der Waals surface area contributed by atoms with Gasteiger partial charge in [-0.2, -0.15) is 4.98 Å². The van der Waals surface area contributed by atoms with Crippen LogP contribution >= 0.6 is 0 Å². The number of ether oxygens (including phenoxy) is 1. The van der Waals surface area contributed by atoms with Gasteiger partial charge in [0, 0.05) is 18.2 Å². The number of rotatable bonds is 7. The van der Waals surface area contributed by atoms with Crippen LogP contribution in [0, 0.1) is 0 Å². The number of hydrogen-bond acceptors (Lipinski definition) is 6. The van der Waals surface area contributed by atoms with Crippen LogP contribution in [-0.4, -0.2) is 46.5 Å². The lowest BCUT2D eigenvalue weighted by Crippen LogP contribution is -2.38. The fourth-order valence-electron chi connectivity index (χ4n) is 3.32. The van der Waals surface area contributed by atoms with Gasteiger partial charge in [-0.05, 0) is 37.1 Å². The molecule has 130 valence electrons. The summed E-state index contributed by atoms with van der Waals surface area (Å²) in [4.78, 5) is 6.78. The monoisotopic (exact) mass is 331 g/mol. The summed E-state index contributed by atoms with van der Waals surface area (Å²) in [6, 6.07) is 8.10. The first-order valence-electron chi connectivity index (χ1n) is 8.62. The predicted octanol–water partition coefficient (Wildman–Crippen LogP) is 2.87. The molecule has 1 heterocycles. The third-order valence-electron chi connectivity index (χ3n) is 4.63. The second kappa shape index (κ2) is 8.26. The van der Waals surface area contributed by atoms with E-state index in [0.717, 1.165) is 11.3 Å². The van der Waals surface area contributed by atoms with Crippen LogP contribution in [0.15, 0.2) is 28.8 Å². The number of aliphatic hydroxyl groups excluding tert-OH is 1. The molecule has 0 radical (unpaired) electrons. The molecule has 1 aromatic carbocycles.